The van der Waals surface area contributed by atoms with Crippen LogP contribution in [0.5, 0.6) is 0 Å². The first kappa shape index (κ1) is 12.9. The number of rotatable bonds is 2. The second-order valence-corrected chi connectivity index (χ2v) is 4.34. The summed E-state index contributed by atoms with van der Waals surface area (Å²) in [6.45, 7) is 0. The van der Waals surface area contributed by atoms with E-state index in [1.165, 1.54) is 12.1 Å². The molecule has 2 rings (SSSR count). The normalized spacial score (nSPS) is 19.4. The van der Waals surface area contributed by atoms with Gasteiger partial charge in [0.25, 0.3) is 5.69 Å². The van der Waals surface area contributed by atoms with Crippen LogP contribution >= 0.6 is 0 Å². The van der Waals surface area contributed by atoms with Crippen LogP contribution in [-0.4, -0.2) is 21.6 Å². The van der Waals surface area contributed by atoms with Crippen LogP contribution in [0.15, 0.2) is 36.1 Å². The number of Topliss-reactive ketones (excluding diaryl/α,β-unsaturated/α-hetero) is 2. The van der Waals surface area contributed by atoms with E-state index in [-0.39, 0.29) is 30.0 Å². The second-order valence-electron chi connectivity index (χ2n) is 4.34. The Morgan fingerprint density at radius 1 is 1.16 bits per heavy atom. The second kappa shape index (κ2) is 5.01. The number of aliphatic hydroxyl groups is 1. The van der Waals surface area contributed by atoms with Crippen molar-refractivity contribution in [3.8, 4) is 0 Å². The van der Waals surface area contributed by atoms with E-state index >= 15 is 0 Å². The van der Waals surface area contributed by atoms with Crippen LogP contribution in [-0.2, 0) is 9.59 Å². The highest BCUT2D eigenvalue weighted by atomic mass is 16.6. The first-order chi connectivity index (χ1) is 9.02. The number of benzene rings is 1. The van der Waals surface area contributed by atoms with Gasteiger partial charge >= 0.3 is 0 Å². The molecule has 1 fully saturated rings. The zero-order chi connectivity index (χ0) is 14.0. The summed E-state index contributed by atoms with van der Waals surface area (Å²) in [6, 6.07) is 5.80. The molecule has 1 aromatic carbocycles. The Hall–Kier alpha value is -2.50. The van der Waals surface area contributed by atoms with Gasteiger partial charge in [-0.05, 0) is 11.5 Å². The van der Waals surface area contributed by atoms with E-state index in [4.69, 9.17) is 5.11 Å². The number of non-ortho nitro benzene ring substituents is 1. The van der Waals surface area contributed by atoms with Crippen molar-refractivity contribution in [1.29, 1.82) is 0 Å². The van der Waals surface area contributed by atoms with Crippen molar-refractivity contribution >= 4 is 17.3 Å². The number of allylic oxidation sites excluding steroid dienone is 1. The molecule has 6 nitrogen and oxygen atoms in total. The Labute approximate surface area is 108 Å². The summed E-state index contributed by atoms with van der Waals surface area (Å²) in [5, 5.41) is 19.3. The Kier molecular flexibility index (Phi) is 3.41. The molecule has 0 unspecified atom stereocenters. The predicted octanol–water partition coefficient (Wildman–Crippen LogP) is 2.05. The van der Waals surface area contributed by atoms with E-state index < -0.39 is 16.5 Å². The van der Waals surface area contributed by atoms with Crippen LogP contribution in [0.1, 0.15) is 24.3 Å². The summed E-state index contributed by atoms with van der Waals surface area (Å²) in [5.41, 5.74) is 0.510. The van der Waals surface area contributed by atoms with Gasteiger partial charge in [0.1, 0.15) is 0 Å². The number of nitro groups is 1. The highest BCUT2D eigenvalue weighted by molar-refractivity contribution is 6.22. The third-order valence-corrected chi connectivity index (χ3v) is 3.17. The predicted molar refractivity (Wildman–Crippen MR) is 65.8 cm³/mol. The van der Waals surface area contributed by atoms with E-state index in [2.05, 4.69) is 0 Å². The summed E-state index contributed by atoms with van der Waals surface area (Å²) in [7, 11) is 0. The third kappa shape index (κ3) is 2.52. The molecule has 0 aromatic heterocycles. The van der Waals surface area contributed by atoms with Crippen molar-refractivity contribution in [2.45, 2.75) is 18.8 Å². The lowest BCUT2D eigenvalue weighted by molar-refractivity contribution is -0.384. The minimum Gasteiger partial charge on any atom is -0.515 e. The maximum Gasteiger partial charge on any atom is 0.269 e. The number of ketones is 2. The van der Waals surface area contributed by atoms with Crippen LogP contribution in [0.25, 0.3) is 0 Å². The van der Waals surface area contributed by atoms with Crippen LogP contribution in [0.4, 0.5) is 5.69 Å². The van der Waals surface area contributed by atoms with E-state index in [0.29, 0.717) is 11.8 Å². The molecule has 1 N–H and O–H groups in total. The number of hydrogen-bond acceptors (Lipinski definition) is 5. The average molecular weight is 261 g/mol. The average Bonchev–Trinajstić information content (AvgIpc) is 2.38. The van der Waals surface area contributed by atoms with Gasteiger partial charge in [0, 0.05) is 25.0 Å². The highest BCUT2D eigenvalue weighted by Gasteiger charge is 2.31. The van der Waals surface area contributed by atoms with Gasteiger partial charge in [-0.15, -0.1) is 0 Å². The SMILES string of the molecule is O=C1CC(c2ccc([N+](=O)[O-])cc2)CC(=O)C1=CO. The molecule has 1 aliphatic rings. The number of nitro benzene ring substituents is 1. The fourth-order valence-corrected chi connectivity index (χ4v) is 2.14. The molecule has 0 atom stereocenters. The monoisotopic (exact) mass is 261 g/mol. The zero-order valence-electron chi connectivity index (χ0n) is 9.91. The smallest absolute Gasteiger partial charge is 0.269 e. The van der Waals surface area contributed by atoms with Gasteiger partial charge in [0.2, 0.25) is 0 Å². The highest BCUT2D eigenvalue weighted by Crippen LogP contribution is 2.32. The number of aliphatic hydroxyl groups excluding tert-OH is 1. The van der Waals surface area contributed by atoms with Crippen molar-refractivity contribution in [3.63, 3.8) is 0 Å². The number of nitrogens with zero attached hydrogens (tertiary/aromatic N) is 1. The molecule has 0 amide bonds. The van der Waals surface area contributed by atoms with Crippen LogP contribution in [0.2, 0.25) is 0 Å². The largest absolute Gasteiger partial charge is 0.515 e. The molecule has 6 heteroatoms. The Bertz CT molecular complexity index is 553. The van der Waals surface area contributed by atoms with Gasteiger partial charge in [0.15, 0.2) is 11.6 Å². The molecule has 0 heterocycles. The first-order valence-corrected chi connectivity index (χ1v) is 5.68. The lowest BCUT2D eigenvalue weighted by Gasteiger charge is -2.21. The van der Waals surface area contributed by atoms with Crippen molar-refractivity contribution in [1.82, 2.24) is 0 Å². The standard InChI is InChI=1S/C13H11NO5/c15-7-11-12(16)5-9(6-13(11)17)8-1-3-10(4-2-8)14(18)19/h1-4,7,9,15H,5-6H2. The molecule has 0 aliphatic heterocycles. The molecule has 1 aliphatic carbocycles. The van der Waals surface area contributed by atoms with Gasteiger partial charge in [-0.2, -0.15) is 0 Å². The molecule has 0 bridgehead atoms. The molecule has 0 saturated heterocycles. The maximum atomic E-state index is 11.6. The number of hydrogen-bond donors (Lipinski definition) is 1. The Balaban J connectivity index is 2.22. The summed E-state index contributed by atoms with van der Waals surface area (Å²) in [4.78, 5) is 33.3. The first-order valence-electron chi connectivity index (χ1n) is 5.68. The third-order valence-electron chi connectivity index (χ3n) is 3.17. The van der Waals surface area contributed by atoms with Crippen molar-refractivity contribution in [2.75, 3.05) is 0 Å². The van der Waals surface area contributed by atoms with Crippen molar-refractivity contribution in [3.05, 3.63) is 51.8 Å². The number of carbonyl (C=O) groups is 2. The van der Waals surface area contributed by atoms with Crippen molar-refractivity contribution in [2.24, 2.45) is 0 Å². The zero-order valence-corrected chi connectivity index (χ0v) is 9.91. The quantitative estimate of drug-likeness (QED) is 0.289. The molecule has 0 spiro atoms. The van der Waals surface area contributed by atoms with E-state index in [9.17, 15) is 19.7 Å². The lowest BCUT2D eigenvalue weighted by Crippen LogP contribution is -2.24. The fourth-order valence-electron chi connectivity index (χ4n) is 2.14. The van der Waals surface area contributed by atoms with Gasteiger partial charge in [0.05, 0.1) is 16.8 Å². The molecule has 19 heavy (non-hydrogen) atoms. The molecular formula is C13H11NO5. The maximum absolute atomic E-state index is 11.6. The summed E-state index contributed by atoms with van der Waals surface area (Å²) in [5.74, 6) is -1.09. The molecule has 0 radical (unpaired) electrons. The Morgan fingerprint density at radius 3 is 2.11 bits per heavy atom. The lowest BCUT2D eigenvalue weighted by atomic mass is 9.80. The topological polar surface area (TPSA) is 97.5 Å². The van der Waals surface area contributed by atoms with E-state index in [1.807, 2.05) is 0 Å². The Morgan fingerprint density at radius 2 is 1.68 bits per heavy atom. The van der Waals surface area contributed by atoms with Gasteiger partial charge < -0.3 is 5.11 Å². The molecule has 98 valence electrons. The van der Waals surface area contributed by atoms with Crippen LogP contribution in [0, 0.1) is 10.1 Å². The fraction of sp³-hybridized carbons (Fsp3) is 0.231. The molecule has 1 aromatic rings. The molecule has 1 saturated carbocycles. The van der Waals surface area contributed by atoms with Gasteiger partial charge in [-0.1, -0.05) is 12.1 Å². The van der Waals surface area contributed by atoms with Gasteiger partial charge in [-0.25, -0.2) is 0 Å². The van der Waals surface area contributed by atoms with Gasteiger partial charge in [-0.3, -0.25) is 19.7 Å². The van der Waals surface area contributed by atoms with E-state index in [1.54, 1.807) is 12.1 Å². The van der Waals surface area contributed by atoms with Crippen LogP contribution in [0.3, 0.4) is 0 Å². The minimum absolute atomic E-state index is 0.0341. The van der Waals surface area contributed by atoms with Crippen LogP contribution < -0.4 is 0 Å². The van der Waals surface area contributed by atoms with E-state index in [0.717, 1.165) is 0 Å². The summed E-state index contributed by atoms with van der Waals surface area (Å²) in [6.07, 6.45) is 0.794. The molecular weight excluding hydrogens is 250 g/mol. The number of carbonyl (C=O) groups excluding carboxylic acids is 2. The van der Waals surface area contributed by atoms with Crippen molar-refractivity contribution < 1.29 is 19.6 Å². The minimum atomic E-state index is -0.506. The summed E-state index contributed by atoms with van der Waals surface area (Å²) >= 11 is 0. The summed E-state index contributed by atoms with van der Waals surface area (Å²) < 4.78 is 0.